The minimum atomic E-state index is -0.0160. The summed E-state index contributed by atoms with van der Waals surface area (Å²) in [7, 11) is 0. The third-order valence-corrected chi connectivity index (χ3v) is 1.82. The predicted molar refractivity (Wildman–Crippen MR) is 29.5 cm³/mol. The molecule has 0 spiro atoms. The van der Waals surface area contributed by atoms with Gasteiger partial charge >= 0.3 is 0 Å². The SMILES string of the molecule is O=C1CCC2[C]=C1C2=O. The Morgan fingerprint density at radius 3 is 2.56 bits per heavy atom. The van der Waals surface area contributed by atoms with Crippen molar-refractivity contribution in [3.8, 4) is 0 Å². The van der Waals surface area contributed by atoms with Crippen LogP contribution in [0.3, 0.4) is 0 Å². The Balaban J connectivity index is 2.43. The molecule has 0 aromatic heterocycles. The summed E-state index contributed by atoms with van der Waals surface area (Å²) in [5.74, 6) is -0.00792. The Hall–Kier alpha value is -0.920. The number of carbonyl (C=O) groups excluding carboxylic acids is 2. The first kappa shape index (κ1) is 4.91. The summed E-state index contributed by atoms with van der Waals surface area (Å²) in [5.41, 5.74) is 0.339. The first-order valence-corrected chi connectivity index (χ1v) is 3.00. The van der Waals surface area contributed by atoms with Gasteiger partial charge in [0.2, 0.25) is 0 Å². The highest BCUT2D eigenvalue weighted by molar-refractivity contribution is 6.26. The van der Waals surface area contributed by atoms with Crippen LogP contribution in [0.4, 0.5) is 0 Å². The van der Waals surface area contributed by atoms with Gasteiger partial charge < -0.3 is 0 Å². The predicted octanol–water partition coefficient (Wildman–Crippen LogP) is 0.278. The molecule has 2 heteroatoms. The molecule has 3 rings (SSSR count). The van der Waals surface area contributed by atoms with E-state index < -0.39 is 0 Å². The van der Waals surface area contributed by atoms with Crippen molar-refractivity contribution in [2.24, 2.45) is 5.92 Å². The Morgan fingerprint density at radius 1 is 1.44 bits per heavy atom. The molecule has 1 saturated carbocycles. The van der Waals surface area contributed by atoms with E-state index in [1.807, 2.05) is 0 Å². The molecule has 0 saturated heterocycles. The summed E-state index contributed by atoms with van der Waals surface area (Å²) in [6.45, 7) is 0. The smallest absolute Gasteiger partial charge is 0.174 e. The van der Waals surface area contributed by atoms with Crippen molar-refractivity contribution in [1.29, 1.82) is 0 Å². The molecule has 1 fully saturated rings. The van der Waals surface area contributed by atoms with Crippen molar-refractivity contribution >= 4 is 11.6 Å². The second-order valence-corrected chi connectivity index (χ2v) is 2.40. The van der Waals surface area contributed by atoms with Gasteiger partial charge in [-0.05, 0) is 12.5 Å². The summed E-state index contributed by atoms with van der Waals surface area (Å²) in [6, 6.07) is 0. The van der Waals surface area contributed by atoms with Crippen LogP contribution in [0.15, 0.2) is 5.57 Å². The van der Waals surface area contributed by atoms with Gasteiger partial charge in [-0.25, -0.2) is 0 Å². The maximum atomic E-state index is 10.7. The van der Waals surface area contributed by atoms with E-state index in [1.54, 1.807) is 0 Å². The van der Waals surface area contributed by atoms with Crippen LogP contribution in [0.2, 0.25) is 0 Å². The van der Waals surface area contributed by atoms with Gasteiger partial charge in [-0.2, -0.15) is 0 Å². The minimum Gasteiger partial charge on any atom is -0.294 e. The highest BCUT2D eigenvalue weighted by atomic mass is 16.2. The van der Waals surface area contributed by atoms with Gasteiger partial charge in [-0.3, -0.25) is 9.59 Å². The molecule has 0 aliphatic heterocycles. The molecule has 3 aliphatic rings. The maximum Gasteiger partial charge on any atom is 0.174 e. The lowest BCUT2D eigenvalue weighted by molar-refractivity contribution is -0.128. The quantitative estimate of drug-likeness (QED) is 0.431. The van der Waals surface area contributed by atoms with Crippen LogP contribution >= 0.6 is 0 Å². The fourth-order valence-electron chi connectivity index (χ4n) is 1.23. The summed E-state index contributed by atoms with van der Waals surface area (Å²) >= 11 is 0. The number of carbonyl (C=O) groups is 2. The van der Waals surface area contributed by atoms with E-state index in [0.29, 0.717) is 18.4 Å². The van der Waals surface area contributed by atoms with Crippen LogP contribution in [0.25, 0.3) is 0 Å². The van der Waals surface area contributed by atoms with Crippen LogP contribution < -0.4 is 0 Å². The van der Waals surface area contributed by atoms with Crippen molar-refractivity contribution in [2.75, 3.05) is 0 Å². The Bertz CT molecular complexity index is 225. The average molecular weight is 121 g/mol. The van der Waals surface area contributed by atoms with Crippen molar-refractivity contribution < 1.29 is 9.59 Å². The third kappa shape index (κ3) is 0.453. The van der Waals surface area contributed by atoms with Crippen LogP contribution in [-0.2, 0) is 9.59 Å². The van der Waals surface area contributed by atoms with Gasteiger partial charge in [0, 0.05) is 12.3 Å². The zero-order valence-electron chi connectivity index (χ0n) is 4.81. The zero-order valence-corrected chi connectivity index (χ0v) is 4.81. The van der Waals surface area contributed by atoms with E-state index in [4.69, 9.17) is 0 Å². The molecule has 0 aromatic rings. The third-order valence-electron chi connectivity index (χ3n) is 1.82. The van der Waals surface area contributed by atoms with Gasteiger partial charge in [0.25, 0.3) is 0 Å². The number of Topliss-reactive ketones (excluding diaryl/α,β-unsaturated/α-hetero) is 2. The van der Waals surface area contributed by atoms with Gasteiger partial charge in [-0.1, -0.05) is 0 Å². The number of ketones is 2. The number of hydrogen-bond donors (Lipinski definition) is 0. The zero-order chi connectivity index (χ0) is 6.43. The molecule has 2 bridgehead atoms. The topological polar surface area (TPSA) is 34.1 Å². The first-order chi connectivity index (χ1) is 4.29. The molecule has 2 nitrogen and oxygen atoms in total. The van der Waals surface area contributed by atoms with E-state index in [1.165, 1.54) is 0 Å². The van der Waals surface area contributed by atoms with Crippen LogP contribution in [-0.4, -0.2) is 11.6 Å². The number of hydrogen-bond acceptors (Lipinski definition) is 2. The standard InChI is InChI=1S/C7H5O2/c8-6-2-1-4-3-5(6)7(4)9/h4H,1-2H2. The molecule has 0 aromatic carbocycles. The van der Waals surface area contributed by atoms with Gasteiger partial charge in [0.15, 0.2) is 11.6 Å². The molecular weight excluding hydrogens is 116 g/mol. The second kappa shape index (κ2) is 1.32. The molecular formula is C7H5O2. The summed E-state index contributed by atoms with van der Waals surface area (Å²) in [6.07, 6.45) is 4.05. The van der Waals surface area contributed by atoms with Crippen molar-refractivity contribution in [1.82, 2.24) is 0 Å². The molecule has 45 valence electrons. The lowest BCUT2D eigenvalue weighted by atomic mass is 9.73. The fourth-order valence-corrected chi connectivity index (χ4v) is 1.23. The number of fused-ring (bicyclic) bond motifs is 2. The summed E-state index contributed by atoms with van der Waals surface area (Å²) in [5, 5.41) is 0. The van der Waals surface area contributed by atoms with Crippen LogP contribution in [0.5, 0.6) is 0 Å². The molecule has 1 radical (unpaired) electrons. The highest BCUT2D eigenvalue weighted by Crippen LogP contribution is 2.32. The first-order valence-electron chi connectivity index (χ1n) is 3.00. The van der Waals surface area contributed by atoms with E-state index in [9.17, 15) is 9.59 Å². The van der Waals surface area contributed by atoms with Crippen LogP contribution in [0, 0.1) is 12.0 Å². The van der Waals surface area contributed by atoms with E-state index in [2.05, 4.69) is 6.08 Å². The van der Waals surface area contributed by atoms with Crippen molar-refractivity contribution in [2.45, 2.75) is 12.8 Å². The van der Waals surface area contributed by atoms with Gasteiger partial charge in [0.1, 0.15) is 0 Å². The Labute approximate surface area is 52.6 Å². The molecule has 0 N–H and O–H groups in total. The maximum absolute atomic E-state index is 10.7. The second-order valence-electron chi connectivity index (χ2n) is 2.40. The lowest BCUT2D eigenvalue weighted by Crippen LogP contribution is -2.35. The molecule has 0 heterocycles. The lowest BCUT2D eigenvalue weighted by Gasteiger charge is -2.26. The highest BCUT2D eigenvalue weighted by Gasteiger charge is 2.39. The minimum absolute atomic E-state index is 0.0116. The summed E-state index contributed by atoms with van der Waals surface area (Å²) in [4.78, 5) is 21.5. The van der Waals surface area contributed by atoms with Gasteiger partial charge in [0.05, 0.1) is 5.57 Å². The Morgan fingerprint density at radius 2 is 2.22 bits per heavy atom. The van der Waals surface area contributed by atoms with Crippen molar-refractivity contribution in [3.63, 3.8) is 0 Å². The van der Waals surface area contributed by atoms with Gasteiger partial charge in [-0.15, -0.1) is 0 Å². The van der Waals surface area contributed by atoms with Crippen LogP contribution in [0.1, 0.15) is 12.8 Å². The molecule has 0 amide bonds. The van der Waals surface area contributed by atoms with Crippen molar-refractivity contribution in [3.05, 3.63) is 11.6 Å². The van der Waals surface area contributed by atoms with E-state index >= 15 is 0 Å². The number of allylic oxidation sites excluding steroid dienone is 2. The molecule has 1 unspecified atom stereocenters. The number of rotatable bonds is 0. The van der Waals surface area contributed by atoms with E-state index in [-0.39, 0.29) is 17.5 Å². The largest absolute Gasteiger partial charge is 0.294 e. The fraction of sp³-hybridized carbons (Fsp3) is 0.429. The molecule has 3 aliphatic carbocycles. The monoisotopic (exact) mass is 121 g/mol. The van der Waals surface area contributed by atoms with E-state index in [0.717, 1.165) is 0 Å². The summed E-state index contributed by atoms with van der Waals surface area (Å²) < 4.78 is 0. The average Bonchev–Trinajstić information content (AvgIpc) is 1.86. The molecule has 1 atom stereocenters. The normalized spacial score (nSPS) is 31.6. The Kier molecular flexibility index (Phi) is 0.721. The molecule has 9 heavy (non-hydrogen) atoms.